The number of hydrogen-bond acceptors (Lipinski definition) is 2. The third kappa shape index (κ3) is 3.52. The van der Waals surface area contributed by atoms with E-state index < -0.39 is 0 Å². The molecule has 2 heteroatoms. The zero-order chi connectivity index (χ0) is 13.7. The number of likely N-dealkylation sites (N-methyl/N-ethyl adjacent to an activating group) is 1. The number of hydrogen-bond donors (Lipinski definition) is 1. The van der Waals surface area contributed by atoms with Crippen LogP contribution >= 0.6 is 0 Å². The van der Waals surface area contributed by atoms with Crippen LogP contribution in [0.15, 0.2) is 54.6 Å². The van der Waals surface area contributed by atoms with E-state index in [2.05, 4.69) is 41.7 Å². The second-order valence-electron chi connectivity index (χ2n) is 4.72. The molecule has 0 saturated heterocycles. The minimum atomic E-state index is -0.0948. The molecule has 1 atom stereocenters. The van der Waals surface area contributed by atoms with Gasteiger partial charge in [0, 0.05) is 0 Å². The van der Waals surface area contributed by atoms with Crippen LogP contribution in [-0.4, -0.2) is 18.9 Å². The summed E-state index contributed by atoms with van der Waals surface area (Å²) < 4.78 is 0. The number of benzene rings is 2. The van der Waals surface area contributed by atoms with Gasteiger partial charge in [0.2, 0.25) is 0 Å². The molecule has 0 aliphatic rings. The van der Waals surface area contributed by atoms with Gasteiger partial charge in [0.1, 0.15) is 5.78 Å². The zero-order valence-electron chi connectivity index (χ0n) is 11.4. The zero-order valence-corrected chi connectivity index (χ0v) is 11.4. The van der Waals surface area contributed by atoms with Crippen molar-refractivity contribution < 1.29 is 4.79 Å². The van der Waals surface area contributed by atoms with Gasteiger partial charge in [0.15, 0.2) is 0 Å². The molecule has 0 aromatic heterocycles. The van der Waals surface area contributed by atoms with E-state index in [0.29, 0.717) is 0 Å². The summed E-state index contributed by atoms with van der Waals surface area (Å²) in [5.41, 5.74) is 3.59. The van der Waals surface area contributed by atoms with Crippen molar-refractivity contribution in [2.24, 2.45) is 0 Å². The van der Waals surface area contributed by atoms with Gasteiger partial charge in [-0.25, -0.2) is 0 Å². The van der Waals surface area contributed by atoms with Crippen molar-refractivity contribution in [3.8, 4) is 11.1 Å². The summed E-state index contributed by atoms with van der Waals surface area (Å²) in [6.07, 6.45) is 0.737. The number of nitrogens with one attached hydrogen (secondary N) is 1. The van der Waals surface area contributed by atoms with E-state index in [1.54, 1.807) is 6.92 Å². The van der Waals surface area contributed by atoms with Crippen molar-refractivity contribution in [1.29, 1.82) is 0 Å². The Labute approximate surface area is 114 Å². The lowest BCUT2D eigenvalue weighted by atomic mass is 9.99. The van der Waals surface area contributed by atoms with E-state index in [1.165, 1.54) is 16.7 Å². The molecular formula is C17H19NO. The summed E-state index contributed by atoms with van der Waals surface area (Å²) in [5, 5.41) is 3.05. The maximum atomic E-state index is 11.4. The van der Waals surface area contributed by atoms with E-state index in [-0.39, 0.29) is 11.8 Å². The number of Topliss-reactive ketones (excluding diaryl/α,β-unsaturated/α-hetero) is 1. The van der Waals surface area contributed by atoms with Gasteiger partial charge in [0.25, 0.3) is 0 Å². The average Bonchev–Trinajstić information content (AvgIpc) is 2.46. The van der Waals surface area contributed by atoms with E-state index >= 15 is 0 Å². The van der Waals surface area contributed by atoms with Crippen LogP contribution in [0.5, 0.6) is 0 Å². The molecule has 0 bridgehead atoms. The fourth-order valence-corrected chi connectivity index (χ4v) is 2.15. The van der Waals surface area contributed by atoms with Crippen molar-refractivity contribution in [2.75, 3.05) is 7.05 Å². The second kappa shape index (κ2) is 6.30. The molecule has 0 radical (unpaired) electrons. The molecule has 0 fully saturated rings. The number of ketones is 1. The smallest absolute Gasteiger partial charge is 0.147 e. The predicted molar refractivity (Wildman–Crippen MR) is 79.1 cm³/mol. The second-order valence-corrected chi connectivity index (χ2v) is 4.72. The van der Waals surface area contributed by atoms with Crippen molar-refractivity contribution in [3.05, 3.63) is 60.2 Å². The Morgan fingerprint density at radius 2 is 1.58 bits per heavy atom. The van der Waals surface area contributed by atoms with Gasteiger partial charge >= 0.3 is 0 Å². The predicted octanol–water partition coefficient (Wildman–Crippen LogP) is 3.07. The molecule has 0 heterocycles. The molecule has 0 aliphatic carbocycles. The van der Waals surface area contributed by atoms with E-state index in [0.717, 1.165) is 6.42 Å². The molecule has 1 N–H and O–H groups in total. The van der Waals surface area contributed by atoms with Gasteiger partial charge in [-0.2, -0.15) is 0 Å². The normalized spacial score (nSPS) is 12.1. The summed E-state index contributed by atoms with van der Waals surface area (Å²) in [6, 6.07) is 18.6. The van der Waals surface area contributed by atoms with Gasteiger partial charge in [-0.05, 0) is 37.1 Å². The Kier molecular flexibility index (Phi) is 4.48. The number of carbonyl (C=O) groups excluding carboxylic acids is 1. The minimum absolute atomic E-state index is 0.0948. The molecule has 0 unspecified atom stereocenters. The fraction of sp³-hybridized carbons (Fsp3) is 0.235. The fourth-order valence-electron chi connectivity index (χ4n) is 2.15. The van der Waals surface area contributed by atoms with Crippen LogP contribution in [0.3, 0.4) is 0 Å². The molecule has 2 aromatic carbocycles. The quantitative estimate of drug-likeness (QED) is 0.887. The van der Waals surface area contributed by atoms with Crippen LogP contribution in [0.1, 0.15) is 12.5 Å². The first-order chi connectivity index (χ1) is 9.20. The van der Waals surface area contributed by atoms with Crippen LogP contribution in [-0.2, 0) is 11.2 Å². The molecule has 2 nitrogen and oxygen atoms in total. The van der Waals surface area contributed by atoms with Crippen molar-refractivity contribution in [1.82, 2.24) is 5.32 Å². The van der Waals surface area contributed by atoms with Crippen LogP contribution in [0.25, 0.3) is 11.1 Å². The highest BCUT2D eigenvalue weighted by Gasteiger charge is 2.11. The van der Waals surface area contributed by atoms with Gasteiger partial charge in [-0.1, -0.05) is 54.6 Å². The third-order valence-electron chi connectivity index (χ3n) is 3.34. The third-order valence-corrected chi connectivity index (χ3v) is 3.34. The standard InChI is InChI=1S/C17H19NO/c1-13(19)17(18-2)12-14-8-10-16(11-9-14)15-6-4-3-5-7-15/h3-11,17-18H,12H2,1-2H3/t17-/m0/s1. The van der Waals surface area contributed by atoms with E-state index in [1.807, 2.05) is 25.2 Å². The summed E-state index contributed by atoms with van der Waals surface area (Å²) in [6.45, 7) is 1.62. The van der Waals surface area contributed by atoms with E-state index in [9.17, 15) is 4.79 Å². The summed E-state index contributed by atoms with van der Waals surface area (Å²) >= 11 is 0. The lowest BCUT2D eigenvalue weighted by Crippen LogP contribution is -2.34. The maximum Gasteiger partial charge on any atom is 0.147 e. The molecule has 2 aromatic rings. The lowest BCUT2D eigenvalue weighted by molar-refractivity contribution is -0.118. The summed E-state index contributed by atoms with van der Waals surface area (Å²) in [4.78, 5) is 11.4. The Morgan fingerprint density at radius 1 is 1.00 bits per heavy atom. The first-order valence-electron chi connectivity index (χ1n) is 6.53. The molecule has 98 valence electrons. The van der Waals surface area contributed by atoms with Gasteiger partial charge in [-0.3, -0.25) is 4.79 Å². The molecular weight excluding hydrogens is 234 g/mol. The molecule has 0 saturated carbocycles. The molecule has 2 rings (SSSR count). The van der Waals surface area contributed by atoms with Gasteiger partial charge in [-0.15, -0.1) is 0 Å². The lowest BCUT2D eigenvalue weighted by Gasteiger charge is -2.13. The number of carbonyl (C=O) groups is 1. The largest absolute Gasteiger partial charge is 0.310 e. The Bertz CT molecular complexity index is 531. The molecule has 0 spiro atoms. The Balaban J connectivity index is 2.13. The molecule has 0 amide bonds. The monoisotopic (exact) mass is 253 g/mol. The highest BCUT2D eigenvalue weighted by Crippen LogP contribution is 2.19. The SMILES string of the molecule is CN[C@@H](Cc1ccc(-c2ccccc2)cc1)C(C)=O. The topological polar surface area (TPSA) is 29.1 Å². The summed E-state index contributed by atoms with van der Waals surface area (Å²) in [7, 11) is 1.82. The highest BCUT2D eigenvalue weighted by atomic mass is 16.1. The first-order valence-corrected chi connectivity index (χ1v) is 6.53. The van der Waals surface area contributed by atoms with Crippen molar-refractivity contribution >= 4 is 5.78 Å². The Hall–Kier alpha value is -1.93. The molecule has 19 heavy (non-hydrogen) atoms. The number of rotatable bonds is 5. The van der Waals surface area contributed by atoms with Crippen molar-refractivity contribution in [2.45, 2.75) is 19.4 Å². The Morgan fingerprint density at radius 3 is 2.11 bits per heavy atom. The average molecular weight is 253 g/mol. The van der Waals surface area contributed by atoms with Gasteiger partial charge < -0.3 is 5.32 Å². The van der Waals surface area contributed by atoms with Crippen LogP contribution in [0.2, 0.25) is 0 Å². The summed E-state index contributed by atoms with van der Waals surface area (Å²) in [5.74, 6) is 0.176. The van der Waals surface area contributed by atoms with Crippen LogP contribution in [0.4, 0.5) is 0 Å². The van der Waals surface area contributed by atoms with Crippen LogP contribution < -0.4 is 5.32 Å². The molecule has 0 aliphatic heterocycles. The van der Waals surface area contributed by atoms with Gasteiger partial charge in [0.05, 0.1) is 6.04 Å². The van der Waals surface area contributed by atoms with Crippen molar-refractivity contribution in [3.63, 3.8) is 0 Å². The van der Waals surface area contributed by atoms with Crippen LogP contribution in [0, 0.1) is 0 Å². The minimum Gasteiger partial charge on any atom is -0.310 e. The van der Waals surface area contributed by atoms with E-state index in [4.69, 9.17) is 0 Å². The first kappa shape index (κ1) is 13.5. The maximum absolute atomic E-state index is 11.4. The highest BCUT2D eigenvalue weighted by molar-refractivity contribution is 5.81.